The number of amides is 1. The summed E-state index contributed by atoms with van der Waals surface area (Å²) in [6.45, 7) is 2.11. The van der Waals surface area contributed by atoms with E-state index in [1.165, 1.54) is 19.3 Å². The predicted octanol–water partition coefficient (Wildman–Crippen LogP) is 3.09. The first-order valence-electron chi connectivity index (χ1n) is 6.62. The number of carbonyl (C=O) groups is 1. The van der Waals surface area contributed by atoms with Crippen molar-refractivity contribution in [2.75, 3.05) is 0 Å². The van der Waals surface area contributed by atoms with Crippen LogP contribution >= 0.6 is 0 Å². The van der Waals surface area contributed by atoms with Crippen LogP contribution in [0.2, 0.25) is 0 Å². The topological polar surface area (TPSA) is 44.9 Å². The monoisotopic (exact) mass is 242 g/mol. The number of nitrogens with one attached hydrogen (secondary N) is 2. The molecule has 1 aliphatic rings. The van der Waals surface area contributed by atoms with Crippen molar-refractivity contribution >= 4 is 16.8 Å². The van der Waals surface area contributed by atoms with Gasteiger partial charge in [0.1, 0.15) is 0 Å². The highest BCUT2D eigenvalue weighted by Gasteiger charge is 2.25. The van der Waals surface area contributed by atoms with Crippen molar-refractivity contribution in [3.8, 4) is 0 Å². The van der Waals surface area contributed by atoms with Gasteiger partial charge in [-0.3, -0.25) is 4.79 Å². The smallest absolute Gasteiger partial charge is 0.252 e. The molecule has 94 valence electrons. The van der Waals surface area contributed by atoms with E-state index in [4.69, 9.17) is 0 Å². The lowest BCUT2D eigenvalue weighted by Gasteiger charge is -2.31. The molecular formula is C15H18N2O. The number of hydrogen-bond acceptors (Lipinski definition) is 1. The summed E-state index contributed by atoms with van der Waals surface area (Å²) in [6, 6.07) is 8.03. The minimum absolute atomic E-state index is 0.0413. The molecule has 0 radical (unpaired) electrons. The first-order valence-corrected chi connectivity index (χ1v) is 6.62. The number of fused-ring (bicyclic) bond motifs is 1. The second-order valence-electron chi connectivity index (χ2n) is 5.20. The van der Waals surface area contributed by atoms with Crippen molar-refractivity contribution < 1.29 is 4.79 Å². The zero-order chi connectivity index (χ0) is 12.5. The van der Waals surface area contributed by atoms with Crippen LogP contribution in [0.3, 0.4) is 0 Å². The minimum Gasteiger partial charge on any atom is -0.361 e. The van der Waals surface area contributed by atoms with E-state index in [-0.39, 0.29) is 11.9 Å². The van der Waals surface area contributed by atoms with Crippen LogP contribution in [0.5, 0.6) is 0 Å². The molecule has 0 aliphatic heterocycles. The zero-order valence-corrected chi connectivity index (χ0v) is 10.6. The van der Waals surface area contributed by atoms with Crippen molar-refractivity contribution in [2.45, 2.75) is 32.2 Å². The van der Waals surface area contributed by atoms with E-state index < -0.39 is 0 Å². The van der Waals surface area contributed by atoms with Gasteiger partial charge in [-0.25, -0.2) is 0 Å². The van der Waals surface area contributed by atoms with Gasteiger partial charge < -0.3 is 10.3 Å². The number of benzene rings is 1. The summed E-state index contributed by atoms with van der Waals surface area (Å²) in [6.07, 6.45) is 5.67. The van der Waals surface area contributed by atoms with Gasteiger partial charge in [-0.2, -0.15) is 0 Å². The van der Waals surface area contributed by atoms with Gasteiger partial charge in [0.25, 0.3) is 5.91 Å². The Hall–Kier alpha value is -1.77. The van der Waals surface area contributed by atoms with Gasteiger partial charge in [0.2, 0.25) is 0 Å². The van der Waals surface area contributed by atoms with Crippen molar-refractivity contribution in [3.05, 3.63) is 36.0 Å². The third kappa shape index (κ3) is 1.90. The molecule has 1 atom stereocenters. The normalized spacial score (nSPS) is 17.4. The SMILES string of the molecule is CC(NC(=O)c1cccc2[nH]ccc12)C1CCC1. The van der Waals surface area contributed by atoms with Gasteiger partial charge in [-0.15, -0.1) is 0 Å². The quantitative estimate of drug-likeness (QED) is 0.853. The second-order valence-corrected chi connectivity index (χ2v) is 5.20. The standard InChI is InChI=1S/C15H18N2O/c1-10(11-4-2-5-11)17-15(18)13-6-3-7-14-12(13)8-9-16-14/h3,6-11,16H,2,4-5H2,1H3,(H,17,18). The fourth-order valence-corrected chi connectivity index (χ4v) is 2.63. The summed E-state index contributed by atoms with van der Waals surface area (Å²) < 4.78 is 0. The van der Waals surface area contributed by atoms with Crippen LogP contribution < -0.4 is 5.32 Å². The molecule has 2 N–H and O–H groups in total. The molecule has 1 aromatic carbocycles. The van der Waals surface area contributed by atoms with Crippen LogP contribution in [0, 0.1) is 5.92 Å². The molecule has 1 saturated carbocycles. The summed E-state index contributed by atoms with van der Waals surface area (Å²) >= 11 is 0. The van der Waals surface area contributed by atoms with Crippen LogP contribution in [0.4, 0.5) is 0 Å². The Labute approximate surface area is 107 Å². The minimum atomic E-state index is 0.0413. The number of aromatic nitrogens is 1. The summed E-state index contributed by atoms with van der Waals surface area (Å²) in [5.41, 5.74) is 1.78. The summed E-state index contributed by atoms with van der Waals surface area (Å²) in [7, 11) is 0. The predicted molar refractivity (Wildman–Crippen MR) is 72.6 cm³/mol. The number of carbonyl (C=O) groups excluding carboxylic acids is 1. The second kappa shape index (κ2) is 4.48. The summed E-state index contributed by atoms with van der Waals surface area (Å²) in [5, 5.41) is 4.12. The van der Waals surface area contributed by atoms with E-state index >= 15 is 0 Å². The van der Waals surface area contributed by atoms with Gasteiger partial charge in [-0.05, 0) is 43.9 Å². The number of rotatable bonds is 3. The van der Waals surface area contributed by atoms with E-state index in [1.54, 1.807) is 0 Å². The van der Waals surface area contributed by atoms with Gasteiger partial charge in [0.05, 0.1) is 0 Å². The first-order chi connectivity index (χ1) is 8.75. The first kappa shape index (κ1) is 11.3. The van der Waals surface area contributed by atoms with Crippen LogP contribution in [-0.2, 0) is 0 Å². The largest absolute Gasteiger partial charge is 0.361 e. The van der Waals surface area contributed by atoms with Gasteiger partial charge in [0, 0.05) is 28.7 Å². The molecule has 1 aliphatic carbocycles. The highest BCUT2D eigenvalue weighted by molar-refractivity contribution is 6.06. The highest BCUT2D eigenvalue weighted by atomic mass is 16.1. The van der Waals surface area contributed by atoms with E-state index in [1.807, 2.05) is 30.5 Å². The molecule has 1 aromatic heterocycles. The van der Waals surface area contributed by atoms with Gasteiger partial charge >= 0.3 is 0 Å². The molecule has 1 fully saturated rings. The third-order valence-electron chi connectivity index (χ3n) is 4.06. The third-order valence-corrected chi connectivity index (χ3v) is 4.06. The summed E-state index contributed by atoms with van der Waals surface area (Å²) in [4.78, 5) is 15.4. The van der Waals surface area contributed by atoms with Crippen molar-refractivity contribution in [1.82, 2.24) is 10.3 Å². The van der Waals surface area contributed by atoms with Crippen LogP contribution in [0.25, 0.3) is 10.9 Å². The number of H-pyrrole nitrogens is 1. The number of aromatic amines is 1. The molecule has 3 heteroatoms. The van der Waals surface area contributed by atoms with E-state index in [0.717, 1.165) is 16.5 Å². The Morgan fingerprint density at radius 2 is 2.22 bits per heavy atom. The molecule has 1 heterocycles. The maximum atomic E-state index is 12.3. The van der Waals surface area contributed by atoms with Gasteiger partial charge in [-0.1, -0.05) is 12.5 Å². The Morgan fingerprint density at radius 3 is 2.94 bits per heavy atom. The molecule has 18 heavy (non-hydrogen) atoms. The molecule has 1 amide bonds. The van der Waals surface area contributed by atoms with Crippen LogP contribution in [0.15, 0.2) is 30.5 Å². The van der Waals surface area contributed by atoms with Crippen molar-refractivity contribution in [1.29, 1.82) is 0 Å². The average molecular weight is 242 g/mol. The molecule has 0 spiro atoms. The molecule has 2 aromatic rings. The Kier molecular flexibility index (Phi) is 2.82. The van der Waals surface area contributed by atoms with Crippen molar-refractivity contribution in [3.63, 3.8) is 0 Å². The van der Waals surface area contributed by atoms with E-state index in [0.29, 0.717) is 5.92 Å². The fourth-order valence-electron chi connectivity index (χ4n) is 2.63. The molecule has 1 unspecified atom stereocenters. The zero-order valence-electron chi connectivity index (χ0n) is 10.6. The molecule has 3 rings (SSSR count). The summed E-state index contributed by atoms with van der Waals surface area (Å²) in [5.74, 6) is 0.707. The Balaban J connectivity index is 1.81. The van der Waals surface area contributed by atoms with Gasteiger partial charge in [0.15, 0.2) is 0 Å². The fraction of sp³-hybridized carbons (Fsp3) is 0.400. The van der Waals surface area contributed by atoms with E-state index in [9.17, 15) is 4.79 Å². The average Bonchev–Trinajstić information content (AvgIpc) is 2.73. The lowest BCUT2D eigenvalue weighted by atomic mass is 9.80. The van der Waals surface area contributed by atoms with Crippen LogP contribution in [-0.4, -0.2) is 16.9 Å². The van der Waals surface area contributed by atoms with Crippen LogP contribution in [0.1, 0.15) is 36.5 Å². The maximum Gasteiger partial charge on any atom is 0.252 e. The van der Waals surface area contributed by atoms with E-state index in [2.05, 4.69) is 17.2 Å². The number of hydrogen-bond donors (Lipinski definition) is 2. The lowest BCUT2D eigenvalue weighted by Crippen LogP contribution is -2.40. The highest BCUT2D eigenvalue weighted by Crippen LogP contribution is 2.29. The Bertz CT molecular complexity index is 569. The molecule has 0 bridgehead atoms. The van der Waals surface area contributed by atoms with Crippen molar-refractivity contribution in [2.24, 2.45) is 5.92 Å². The molecule has 3 nitrogen and oxygen atoms in total. The Morgan fingerprint density at radius 1 is 1.39 bits per heavy atom. The maximum absolute atomic E-state index is 12.3. The molecular weight excluding hydrogens is 224 g/mol. The molecule has 0 saturated heterocycles. The lowest BCUT2D eigenvalue weighted by molar-refractivity contribution is 0.0911.